The molecule has 9 heteroatoms. The van der Waals surface area contributed by atoms with Gasteiger partial charge in [0.15, 0.2) is 0 Å². The number of thiocarbonyl (C=S) groups is 1. The van der Waals surface area contributed by atoms with Crippen molar-refractivity contribution in [3.63, 3.8) is 0 Å². The highest BCUT2D eigenvalue weighted by Crippen LogP contribution is 2.35. The topological polar surface area (TPSA) is 58.6 Å². The lowest BCUT2D eigenvalue weighted by atomic mass is 10.2. The maximum absolute atomic E-state index is 12.7. The quantitative estimate of drug-likeness (QED) is 0.389. The van der Waals surface area contributed by atoms with Gasteiger partial charge in [0.2, 0.25) is 0 Å². The van der Waals surface area contributed by atoms with Gasteiger partial charge in [-0.05, 0) is 42.5 Å². The fourth-order valence-electron chi connectivity index (χ4n) is 2.43. The molecule has 0 aromatic heterocycles. The number of amides is 1. The van der Waals surface area contributed by atoms with Crippen molar-refractivity contribution in [2.75, 3.05) is 19.1 Å². The minimum Gasteiger partial charge on any atom is -0.465 e. The van der Waals surface area contributed by atoms with Crippen molar-refractivity contribution >= 4 is 75.1 Å². The summed E-state index contributed by atoms with van der Waals surface area (Å²) in [4.78, 5) is 26.1. The number of carbonyl (C=O) groups excluding carboxylic acids is 2. The van der Waals surface area contributed by atoms with E-state index >= 15 is 0 Å². The van der Waals surface area contributed by atoms with Gasteiger partial charge in [0.05, 0.1) is 24.2 Å². The van der Waals surface area contributed by atoms with E-state index in [9.17, 15) is 9.59 Å². The number of anilines is 1. The maximum atomic E-state index is 12.7. The first-order chi connectivity index (χ1) is 13.4. The number of ether oxygens (including phenoxy) is 1. The molecule has 144 valence electrons. The number of hydrogen-bond donors (Lipinski definition) is 1. The fraction of sp³-hybridized carbons (Fsp3) is 0.105. The van der Waals surface area contributed by atoms with E-state index in [-0.39, 0.29) is 12.6 Å². The van der Waals surface area contributed by atoms with Crippen LogP contribution in [0.4, 0.5) is 5.69 Å². The van der Waals surface area contributed by atoms with Crippen molar-refractivity contribution in [3.05, 3.63) is 68.5 Å². The van der Waals surface area contributed by atoms with Gasteiger partial charge in [0.25, 0.3) is 5.91 Å². The monoisotopic (exact) mass is 452 g/mol. The lowest BCUT2D eigenvalue weighted by Crippen LogP contribution is -2.33. The summed E-state index contributed by atoms with van der Waals surface area (Å²) < 4.78 is 5.09. The van der Waals surface area contributed by atoms with Crippen molar-refractivity contribution in [1.82, 2.24) is 4.90 Å². The average Bonchev–Trinajstić information content (AvgIpc) is 2.96. The average molecular weight is 453 g/mol. The molecule has 1 aliphatic heterocycles. The molecule has 1 N–H and O–H groups in total. The second kappa shape index (κ2) is 8.96. The van der Waals surface area contributed by atoms with Crippen LogP contribution < -0.4 is 5.32 Å². The van der Waals surface area contributed by atoms with Crippen LogP contribution >= 0.6 is 47.2 Å². The van der Waals surface area contributed by atoms with Gasteiger partial charge in [-0.2, -0.15) is 0 Å². The SMILES string of the molecule is COC(=O)c1ccc(NCN2C(=O)C(=Cc3c(Cl)cccc3Cl)SC2=S)cc1. The van der Waals surface area contributed by atoms with Crippen molar-refractivity contribution < 1.29 is 14.3 Å². The van der Waals surface area contributed by atoms with Crippen LogP contribution in [0, 0.1) is 0 Å². The van der Waals surface area contributed by atoms with E-state index in [1.165, 1.54) is 23.8 Å². The summed E-state index contributed by atoms with van der Waals surface area (Å²) in [7, 11) is 1.33. The third-order valence-corrected chi connectivity index (χ3v) is 5.93. The van der Waals surface area contributed by atoms with Gasteiger partial charge < -0.3 is 10.1 Å². The van der Waals surface area contributed by atoms with Crippen molar-refractivity contribution in [1.29, 1.82) is 0 Å². The molecule has 0 unspecified atom stereocenters. The number of nitrogens with zero attached hydrogens (tertiary/aromatic N) is 1. The fourth-order valence-corrected chi connectivity index (χ4v) is 4.17. The molecular weight excluding hydrogens is 439 g/mol. The summed E-state index contributed by atoms with van der Waals surface area (Å²) in [6.07, 6.45) is 1.65. The Bertz CT molecular complexity index is 957. The van der Waals surface area contributed by atoms with Gasteiger partial charge in [-0.15, -0.1) is 0 Å². The predicted molar refractivity (Wildman–Crippen MR) is 118 cm³/mol. The van der Waals surface area contributed by atoms with E-state index in [0.29, 0.717) is 30.4 Å². The van der Waals surface area contributed by atoms with Crippen LogP contribution in [-0.4, -0.2) is 34.9 Å². The van der Waals surface area contributed by atoms with Crippen LogP contribution in [0.5, 0.6) is 0 Å². The van der Waals surface area contributed by atoms with Crippen LogP contribution in [0.3, 0.4) is 0 Å². The number of nitrogens with one attached hydrogen (secondary N) is 1. The smallest absolute Gasteiger partial charge is 0.337 e. The molecule has 0 spiro atoms. The third kappa shape index (κ3) is 4.50. The molecule has 0 bridgehead atoms. The number of carbonyl (C=O) groups is 2. The van der Waals surface area contributed by atoms with Crippen LogP contribution in [0.25, 0.3) is 6.08 Å². The first kappa shape index (κ1) is 20.7. The maximum Gasteiger partial charge on any atom is 0.337 e. The van der Waals surface area contributed by atoms with Gasteiger partial charge in [0.1, 0.15) is 4.32 Å². The molecule has 0 atom stereocenters. The van der Waals surface area contributed by atoms with E-state index in [2.05, 4.69) is 10.1 Å². The Kier molecular flexibility index (Phi) is 6.61. The lowest BCUT2D eigenvalue weighted by Gasteiger charge is -2.16. The molecule has 0 aliphatic carbocycles. The van der Waals surface area contributed by atoms with Crippen LogP contribution in [0.2, 0.25) is 10.0 Å². The number of hydrogen-bond acceptors (Lipinski definition) is 6. The number of benzene rings is 2. The Morgan fingerprint density at radius 1 is 1.21 bits per heavy atom. The zero-order valence-corrected chi connectivity index (χ0v) is 17.7. The Labute approximate surface area is 181 Å². The summed E-state index contributed by atoms with van der Waals surface area (Å²) in [6, 6.07) is 11.9. The Morgan fingerprint density at radius 3 is 2.46 bits per heavy atom. The van der Waals surface area contributed by atoms with Crippen molar-refractivity contribution in [2.24, 2.45) is 0 Å². The van der Waals surface area contributed by atoms with E-state index < -0.39 is 5.97 Å². The Morgan fingerprint density at radius 2 is 1.86 bits per heavy atom. The van der Waals surface area contributed by atoms with E-state index in [0.717, 1.165) is 5.69 Å². The Balaban J connectivity index is 1.70. The number of halogens is 2. The molecule has 1 fully saturated rings. The summed E-state index contributed by atoms with van der Waals surface area (Å²) in [5, 5.41) is 4.03. The van der Waals surface area contributed by atoms with Crippen LogP contribution in [0.15, 0.2) is 47.4 Å². The van der Waals surface area contributed by atoms with Crippen LogP contribution in [-0.2, 0) is 9.53 Å². The molecule has 0 saturated carbocycles. The van der Waals surface area contributed by atoms with Gasteiger partial charge in [-0.3, -0.25) is 9.69 Å². The standard InChI is InChI=1S/C19H14Cl2N2O3S2/c1-26-18(25)11-5-7-12(8-6-11)22-10-23-17(24)16(28-19(23)27)9-13-14(20)3-2-4-15(13)21/h2-9,22H,10H2,1H3. The number of rotatable bonds is 5. The molecule has 2 aromatic carbocycles. The molecule has 28 heavy (non-hydrogen) atoms. The molecule has 1 saturated heterocycles. The van der Waals surface area contributed by atoms with Crippen molar-refractivity contribution in [3.8, 4) is 0 Å². The highest BCUT2D eigenvalue weighted by molar-refractivity contribution is 8.26. The minimum atomic E-state index is -0.410. The van der Waals surface area contributed by atoms with Crippen molar-refractivity contribution in [2.45, 2.75) is 0 Å². The third-order valence-electron chi connectivity index (χ3n) is 3.90. The van der Waals surface area contributed by atoms with E-state index in [1.54, 1.807) is 48.5 Å². The van der Waals surface area contributed by atoms with Gasteiger partial charge in [-0.1, -0.05) is 53.2 Å². The molecule has 1 aliphatic rings. The zero-order valence-electron chi connectivity index (χ0n) is 14.6. The molecule has 0 radical (unpaired) electrons. The first-order valence-electron chi connectivity index (χ1n) is 8.02. The molecule has 2 aromatic rings. The highest BCUT2D eigenvalue weighted by Gasteiger charge is 2.32. The minimum absolute atomic E-state index is 0.190. The summed E-state index contributed by atoms with van der Waals surface area (Å²) >= 11 is 18.9. The molecule has 1 amide bonds. The van der Waals surface area contributed by atoms with Crippen LogP contribution in [0.1, 0.15) is 15.9 Å². The second-order valence-electron chi connectivity index (χ2n) is 5.65. The Hall–Kier alpha value is -2.06. The largest absolute Gasteiger partial charge is 0.465 e. The molecule has 3 rings (SSSR count). The van der Waals surface area contributed by atoms with E-state index in [1.807, 2.05) is 0 Å². The number of esters is 1. The van der Waals surface area contributed by atoms with Gasteiger partial charge in [0, 0.05) is 21.3 Å². The van der Waals surface area contributed by atoms with E-state index in [4.69, 9.17) is 35.4 Å². The molecule has 5 nitrogen and oxygen atoms in total. The number of methoxy groups -OCH3 is 1. The zero-order chi connectivity index (χ0) is 20.3. The predicted octanol–water partition coefficient (Wildman–Crippen LogP) is 5.05. The highest BCUT2D eigenvalue weighted by atomic mass is 35.5. The molecule has 1 heterocycles. The second-order valence-corrected chi connectivity index (χ2v) is 8.14. The lowest BCUT2D eigenvalue weighted by molar-refractivity contribution is -0.121. The van der Waals surface area contributed by atoms with Gasteiger partial charge >= 0.3 is 5.97 Å². The normalized spacial score (nSPS) is 15.2. The first-order valence-corrected chi connectivity index (χ1v) is 10.0. The van der Waals surface area contributed by atoms with Gasteiger partial charge in [-0.25, -0.2) is 4.79 Å². The number of thioether (sulfide) groups is 1. The summed E-state index contributed by atoms with van der Waals surface area (Å²) in [5.41, 5.74) is 1.76. The molecular formula is C19H14Cl2N2O3S2. The summed E-state index contributed by atoms with van der Waals surface area (Å²) in [6.45, 7) is 0.190. The summed E-state index contributed by atoms with van der Waals surface area (Å²) in [5.74, 6) is -0.642.